The number of guanidine groups is 1. The maximum Gasteiger partial charge on any atom is 0.253 e. The van der Waals surface area contributed by atoms with Crippen LogP contribution in [0, 0.1) is 0 Å². The summed E-state index contributed by atoms with van der Waals surface area (Å²) in [5.74, 6) is -0.137. The summed E-state index contributed by atoms with van der Waals surface area (Å²) in [5, 5.41) is 32.2. The number of hydrazone groups is 1. The van der Waals surface area contributed by atoms with Crippen LogP contribution in [0.3, 0.4) is 0 Å². The monoisotopic (exact) mass is 422 g/mol. The van der Waals surface area contributed by atoms with Crippen LogP contribution >= 0.6 is 0 Å². The van der Waals surface area contributed by atoms with Gasteiger partial charge in [0.25, 0.3) is 5.91 Å². The van der Waals surface area contributed by atoms with Crippen molar-refractivity contribution in [2.45, 2.75) is 0 Å². The third-order valence-electron chi connectivity index (χ3n) is 4.65. The molecule has 1 aliphatic rings. The number of carbonyl (C=O) groups is 1. The molecule has 4 N–H and O–H groups in total. The van der Waals surface area contributed by atoms with Crippen molar-refractivity contribution >= 4 is 34.1 Å². The maximum absolute atomic E-state index is 12.4. The minimum Gasteiger partial charge on any atom is -0.378 e. The molecule has 0 aliphatic carbocycles. The van der Waals surface area contributed by atoms with Gasteiger partial charge in [-0.15, -0.1) is 10.3 Å². The van der Waals surface area contributed by atoms with Crippen molar-refractivity contribution in [3.8, 4) is 0 Å². The van der Waals surface area contributed by atoms with Gasteiger partial charge in [-0.05, 0) is 24.3 Å². The number of hydrogen-bond acceptors (Lipinski definition) is 9. The highest BCUT2D eigenvalue weighted by molar-refractivity contribution is 6.05. The number of nitrogens with zero attached hydrogens (tertiary/aromatic N) is 4. The second kappa shape index (κ2) is 9.39. The Morgan fingerprint density at radius 3 is 2.61 bits per heavy atom. The van der Waals surface area contributed by atoms with Crippen LogP contribution in [-0.2, 0) is 4.74 Å². The molecule has 1 aromatic heterocycles. The van der Waals surface area contributed by atoms with Crippen LogP contribution < -0.4 is 20.9 Å². The lowest BCUT2D eigenvalue weighted by Crippen LogP contribution is -2.45. The van der Waals surface area contributed by atoms with Crippen molar-refractivity contribution in [2.24, 2.45) is 5.10 Å². The molecule has 4 rings (SSSR count). The smallest absolute Gasteiger partial charge is 0.253 e. The number of pyridine rings is 1. The first-order valence-corrected chi connectivity index (χ1v) is 9.74. The molecule has 3 aromatic rings. The van der Waals surface area contributed by atoms with Crippen molar-refractivity contribution in [3.63, 3.8) is 0 Å². The molecule has 0 fully saturated rings. The number of fused-ring (bicyclic) bond motifs is 2. The van der Waals surface area contributed by atoms with E-state index < -0.39 is 0 Å². The first kappa shape index (κ1) is 20.5. The van der Waals surface area contributed by atoms with Gasteiger partial charge in [-0.2, -0.15) is 5.06 Å². The molecule has 160 valence electrons. The Bertz CT molecular complexity index is 1100. The molecule has 0 bridgehead atoms. The normalized spacial score (nSPS) is 13.0. The molecule has 2 aromatic carbocycles. The van der Waals surface area contributed by atoms with Gasteiger partial charge in [0, 0.05) is 24.7 Å². The minimum atomic E-state index is -0.208. The minimum absolute atomic E-state index is 0.0709. The van der Waals surface area contributed by atoms with E-state index >= 15 is 0 Å². The molecule has 10 heteroatoms. The number of rotatable bonds is 7. The predicted molar refractivity (Wildman–Crippen MR) is 115 cm³/mol. The molecule has 0 spiro atoms. The maximum atomic E-state index is 12.4. The topological polar surface area (TPSA) is 123 Å². The van der Waals surface area contributed by atoms with Gasteiger partial charge in [-0.25, -0.2) is 0 Å². The van der Waals surface area contributed by atoms with E-state index in [9.17, 15) is 15.2 Å². The zero-order valence-electron chi connectivity index (χ0n) is 16.6. The Kier molecular flexibility index (Phi) is 6.22. The summed E-state index contributed by atoms with van der Waals surface area (Å²) in [6.07, 6.45) is 1.66. The van der Waals surface area contributed by atoms with Gasteiger partial charge >= 0.3 is 0 Å². The number of para-hydroxylation sites is 3. The Morgan fingerprint density at radius 2 is 1.74 bits per heavy atom. The number of benzene rings is 2. The summed E-state index contributed by atoms with van der Waals surface area (Å²) in [4.78, 5) is 16.7. The van der Waals surface area contributed by atoms with Gasteiger partial charge in [-0.3, -0.25) is 20.2 Å². The molecule has 0 unspecified atom stereocenters. The number of anilines is 2. The molecule has 1 amide bonds. The number of aromatic nitrogens is 1. The quantitative estimate of drug-likeness (QED) is 0.426. The second-order valence-electron chi connectivity index (χ2n) is 6.69. The largest absolute Gasteiger partial charge is 0.378 e. The van der Waals surface area contributed by atoms with Gasteiger partial charge in [0.15, 0.2) is 0 Å². The van der Waals surface area contributed by atoms with Crippen LogP contribution in [0.1, 0.15) is 10.4 Å². The Labute approximate surface area is 178 Å². The molecular weight excluding hydrogens is 400 g/mol. The van der Waals surface area contributed by atoms with Gasteiger partial charge in [0.2, 0.25) is 5.96 Å². The third-order valence-corrected chi connectivity index (χ3v) is 4.65. The fourth-order valence-corrected chi connectivity index (χ4v) is 3.18. The van der Waals surface area contributed by atoms with Gasteiger partial charge in [-0.1, -0.05) is 30.3 Å². The number of carbonyl (C=O) groups excluding carboxylic acids is 1. The van der Waals surface area contributed by atoms with Crippen molar-refractivity contribution in [1.82, 2.24) is 15.6 Å². The number of hydroxylamine groups is 1. The predicted octanol–water partition coefficient (Wildman–Crippen LogP) is 1.95. The summed E-state index contributed by atoms with van der Waals surface area (Å²) >= 11 is 0. The van der Waals surface area contributed by atoms with Crippen molar-refractivity contribution in [3.05, 3.63) is 66.4 Å². The van der Waals surface area contributed by atoms with E-state index in [0.717, 1.165) is 10.4 Å². The first-order chi connectivity index (χ1) is 15.1. The summed E-state index contributed by atoms with van der Waals surface area (Å²) in [7, 11) is 0. The van der Waals surface area contributed by atoms with Crippen LogP contribution in [0.25, 0.3) is 10.9 Å². The van der Waals surface area contributed by atoms with Crippen molar-refractivity contribution in [1.29, 1.82) is 0 Å². The molecule has 31 heavy (non-hydrogen) atoms. The zero-order chi connectivity index (χ0) is 21.6. The van der Waals surface area contributed by atoms with Crippen LogP contribution in [0.2, 0.25) is 0 Å². The standard InChI is InChI=1S/C21H22N6O4/c28-20(16-7-3-5-15-6-4-10-22-19(15)16)23-11-13-31-14-12-24-21-25-27(30)18-9-2-1-8-17(18)26(21)29/h1-10,29-30H,11-14H2,(H,23,28)(H,24,25). The van der Waals surface area contributed by atoms with Crippen molar-refractivity contribution in [2.75, 3.05) is 36.5 Å². The van der Waals surface area contributed by atoms with E-state index in [1.165, 1.54) is 0 Å². The highest BCUT2D eigenvalue weighted by Gasteiger charge is 2.23. The fraction of sp³-hybridized carbons (Fsp3) is 0.190. The molecule has 10 nitrogen and oxygen atoms in total. The van der Waals surface area contributed by atoms with E-state index in [1.54, 1.807) is 36.5 Å². The van der Waals surface area contributed by atoms with Gasteiger partial charge < -0.3 is 15.4 Å². The molecule has 2 heterocycles. The molecule has 0 saturated carbocycles. The summed E-state index contributed by atoms with van der Waals surface area (Å²) in [6, 6.07) is 16.0. The summed E-state index contributed by atoms with van der Waals surface area (Å²) < 4.78 is 5.51. The average Bonchev–Trinajstić information content (AvgIpc) is 2.81. The van der Waals surface area contributed by atoms with E-state index in [1.807, 2.05) is 24.3 Å². The fourth-order valence-electron chi connectivity index (χ4n) is 3.18. The number of nitrogens with one attached hydrogen (secondary N) is 2. The average molecular weight is 422 g/mol. The van der Waals surface area contributed by atoms with Crippen LogP contribution in [0.15, 0.2) is 65.9 Å². The number of amides is 1. The highest BCUT2D eigenvalue weighted by atomic mass is 16.5. The van der Waals surface area contributed by atoms with E-state index in [0.29, 0.717) is 53.9 Å². The van der Waals surface area contributed by atoms with Crippen LogP contribution in [0.4, 0.5) is 11.4 Å². The van der Waals surface area contributed by atoms with Gasteiger partial charge in [0.05, 0.1) is 24.3 Å². The molecule has 1 aliphatic heterocycles. The van der Waals surface area contributed by atoms with Crippen LogP contribution in [-0.4, -0.2) is 53.6 Å². The Morgan fingerprint density at radius 1 is 0.968 bits per heavy atom. The molecule has 0 radical (unpaired) electrons. The van der Waals surface area contributed by atoms with E-state index in [-0.39, 0.29) is 11.9 Å². The van der Waals surface area contributed by atoms with Crippen LogP contribution in [0.5, 0.6) is 0 Å². The SMILES string of the molecule is O=C(NCCOCCNC1=NN(O)c2ccccc2N1O)c1cccc2cccnc12. The summed E-state index contributed by atoms with van der Waals surface area (Å²) in [5.41, 5.74) is 1.94. The number of ether oxygens (including phenoxy) is 1. The van der Waals surface area contributed by atoms with E-state index in [2.05, 4.69) is 20.7 Å². The number of hydrogen-bond donors (Lipinski definition) is 4. The lowest BCUT2D eigenvalue weighted by atomic mass is 10.1. The lowest BCUT2D eigenvalue weighted by molar-refractivity contribution is 0.0919. The molecular formula is C21H22N6O4. The zero-order valence-corrected chi connectivity index (χ0v) is 16.6. The third kappa shape index (κ3) is 4.56. The second-order valence-corrected chi connectivity index (χ2v) is 6.69. The molecule has 0 atom stereocenters. The van der Waals surface area contributed by atoms with E-state index in [4.69, 9.17) is 4.74 Å². The Hall–Kier alpha value is -3.73. The van der Waals surface area contributed by atoms with Crippen molar-refractivity contribution < 1.29 is 19.9 Å². The highest BCUT2D eigenvalue weighted by Crippen LogP contribution is 2.30. The molecule has 0 saturated heterocycles. The van der Waals surface area contributed by atoms with Gasteiger partial charge in [0.1, 0.15) is 11.4 Å². The lowest BCUT2D eigenvalue weighted by Gasteiger charge is -2.29. The summed E-state index contributed by atoms with van der Waals surface area (Å²) in [6.45, 7) is 1.31. The Balaban J connectivity index is 1.19. The first-order valence-electron chi connectivity index (χ1n) is 9.74.